The van der Waals surface area contributed by atoms with Crippen molar-refractivity contribution in [1.82, 2.24) is 0 Å². The van der Waals surface area contributed by atoms with Gasteiger partial charge in [-0.05, 0) is 62.6 Å². The molecule has 0 aliphatic carbocycles. The highest BCUT2D eigenvalue weighted by atomic mass is 16.7. The summed E-state index contributed by atoms with van der Waals surface area (Å²) in [4.78, 5) is 49.2. The predicted molar refractivity (Wildman–Crippen MR) is 145 cm³/mol. The lowest BCUT2D eigenvalue weighted by atomic mass is 9.92. The Bertz CT molecular complexity index is 1010. The van der Waals surface area contributed by atoms with Gasteiger partial charge in [0.25, 0.3) is 0 Å². The molecule has 0 bridgehead atoms. The maximum Gasteiger partial charge on any atom is 0.509 e. The molecule has 1 aromatic rings. The zero-order valence-electron chi connectivity index (χ0n) is 25.0. The molecule has 0 saturated carbocycles. The lowest BCUT2D eigenvalue weighted by molar-refractivity contribution is -0.148. The van der Waals surface area contributed by atoms with E-state index in [9.17, 15) is 19.2 Å². The van der Waals surface area contributed by atoms with E-state index in [1.165, 1.54) is 12.1 Å². The molecule has 0 aromatic heterocycles. The zero-order valence-corrected chi connectivity index (χ0v) is 25.0. The highest BCUT2D eigenvalue weighted by Crippen LogP contribution is 2.32. The number of hydrogen-bond acceptors (Lipinski definition) is 10. The smallest absolute Gasteiger partial charge is 0.461 e. The lowest BCUT2D eigenvalue weighted by Crippen LogP contribution is -2.36. The number of nitrogens with two attached hydrogens (primary N) is 1. The molecular formula is C29H45NO9. The quantitative estimate of drug-likeness (QED) is 0.307. The van der Waals surface area contributed by atoms with Crippen molar-refractivity contribution >= 4 is 24.1 Å². The van der Waals surface area contributed by atoms with Crippen molar-refractivity contribution in [3.05, 3.63) is 23.8 Å². The fourth-order valence-corrected chi connectivity index (χ4v) is 3.14. The molecule has 0 radical (unpaired) electrons. The van der Waals surface area contributed by atoms with Crippen molar-refractivity contribution in [1.29, 1.82) is 0 Å². The van der Waals surface area contributed by atoms with Gasteiger partial charge in [0.15, 0.2) is 11.5 Å². The van der Waals surface area contributed by atoms with Crippen molar-refractivity contribution < 1.29 is 42.9 Å². The van der Waals surface area contributed by atoms with Crippen LogP contribution < -0.4 is 15.2 Å². The topological polar surface area (TPSA) is 140 Å². The van der Waals surface area contributed by atoms with Gasteiger partial charge < -0.3 is 29.4 Å². The van der Waals surface area contributed by atoms with Crippen LogP contribution in [0.25, 0.3) is 0 Å². The van der Waals surface area contributed by atoms with Crippen LogP contribution in [0.3, 0.4) is 0 Å². The Hall–Kier alpha value is -3.14. The average molecular weight is 552 g/mol. The summed E-state index contributed by atoms with van der Waals surface area (Å²) in [5, 5.41) is 0. The summed E-state index contributed by atoms with van der Waals surface area (Å²) in [6.07, 6.45) is -1.25. The molecule has 39 heavy (non-hydrogen) atoms. The average Bonchev–Trinajstić information content (AvgIpc) is 2.69. The number of hydrogen-bond donors (Lipinski definition) is 1. The Morgan fingerprint density at radius 3 is 1.82 bits per heavy atom. The van der Waals surface area contributed by atoms with E-state index in [1.807, 2.05) is 41.5 Å². The molecule has 220 valence electrons. The first-order valence-electron chi connectivity index (χ1n) is 13.0. The van der Waals surface area contributed by atoms with E-state index >= 15 is 0 Å². The highest BCUT2D eigenvalue weighted by molar-refractivity contribution is 5.78. The Morgan fingerprint density at radius 1 is 0.821 bits per heavy atom. The largest absolute Gasteiger partial charge is 0.509 e. The van der Waals surface area contributed by atoms with E-state index in [0.717, 1.165) is 0 Å². The van der Waals surface area contributed by atoms with Crippen LogP contribution in [0.5, 0.6) is 11.5 Å². The molecule has 0 amide bonds. The van der Waals surface area contributed by atoms with Crippen LogP contribution in [-0.2, 0) is 35.0 Å². The van der Waals surface area contributed by atoms with E-state index in [0.29, 0.717) is 5.56 Å². The second-order valence-electron chi connectivity index (χ2n) is 13.0. The number of rotatable bonds is 10. The Kier molecular flexibility index (Phi) is 12.0. The Balaban J connectivity index is 2.91. The minimum atomic E-state index is -1.05. The van der Waals surface area contributed by atoms with Gasteiger partial charge in [-0.3, -0.25) is 14.4 Å². The van der Waals surface area contributed by atoms with Crippen molar-refractivity contribution in [2.45, 2.75) is 106 Å². The molecule has 10 nitrogen and oxygen atoms in total. The van der Waals surface area contributed by atoms with Gasteiger partial charge >= 0.3 is 24.1 Å². The number of carbonyl (C=O) groups is 4. The summed E-state index contributed by atoms with van der Waals surface area (Å²) in [6, 6.07) is 3.60. The van der Waals surface area contributed by atoms with E-state index in [1.54, 1.807) is 33.8 Å². The van der Waals surface area contributed by atoms with Crippen LogP contribution in [0, 0.1) is 10.8 Å². The van der Waals surface area contributed by atoms with Gasteiger partial charge in [-0.25, -0.2) is 4.79 Å². The molecule has 2 N–H and O–H groups in total. The van der Waals surface area contributed by atoms with Crippen LogP contribution in [0.15, 0.2) is 18.2 Å². The number of benzene rings is 1. The van der Waals surface area contributed by atoms with Crippen molar-refractivity contribution in [2.24, 2.45) is 16.6 Å². The fourth-order valence-electron chi connectivity index (χ4n) is 3.14. The van der Waals surface area contributed by atoms with Crippen LogP contribution in [-0.4, -0.2) is 48.4 Å². The molecule has 0 aliphatic heterocycles. The molecule has 0 saturated heterocycles. The number of carbonyl (C=O) groups excluding carboxylic acids is 4. The summed E-state index contributed by atoms with van der Waals surface area (Å²) in [5.74, 6) is -1.51. The third kappa shape index (κ3) is 15.1. The molecule has 0 fully saturated rings. The molecule has 1 aromatic carbocycles. The fraction of sp³-hybridized carbons (Fsp3) is 0.655. The standard InChI is InChI=1S/C29H45NO9/c1-18(36-26(34)39-29(8,9)10)17-35-25(33)20(30)13-19-11-12-21(37-23(31)15-27(2,3)4)22(14-19)38-24(32)16-28(5,6)7/h11-12,14,18,20H,13,15-17,30H2,1-10H3/t18-,20-/m0/s1. The molecule has 0 spiro atoms. The second kappa shape index (κ2) is 13.8. The summed E-state index contributed by atoms with van der Waals surface area (Å²) < 4.78 is 26.4. The first-order chi connectivity index (χ1) is 17.6. The first-order valence-corrected chi connectivity index (χ1v) is 13.0. The minimum Gasteiger partial charge on any atom is -0.461 e. The van der Waals surface area contributed by atoms with Gasteiger partial charge in [0, 0.05) is 0 Å². The maximum absolute atomic E-state index is 12.5. The molecule has 10 heteroatoms. The van der Waals surface area contributed by atoms with Crippen LogP contribution >= 0.6 is 0 Å². The number of ether oxygens (including phenoxy) is 5. The van der Waals surface area contributed by atoms with Gasteiger partial charge in [-0.15, -0.1) is 0 Å². The first kappa shape index (κ1) is 33.9. The monoisotopic (exact) mass is 551 g/mol. The number of esters is 3. The van der Waals surface area contributed by atoms with Gasteiger partial charge in [0.05, 0.1) is 12.8 Å². The highest BCUT2D eigenvalue weighted by Gasteiger charge is 2.25. The third-order valence-corrected chi connectivity index (χ3v) is 4.71. The van der Waals surface area contributed by atoms with Crippen molar-refractivity contribution in [3.8, 4) is 11.5 Å². The van der Waals surface area contributed by atoms with E-state index in [-0.39, 0.29) is 48.2 Å². The van der Waals surface area contributed by atoms with Gasteiger partial charge in [-0.2, -0.15) is 0 Å². The van der Waals surface area contributed by atoms with Crippen molar-refractivity contribution in [3.63, 3.8) is 0 Å². The molecule has 0 unspecified atom stereocenters. The zero-order chi connectivity index (χ0) is 30.2. The SMILES string of the molecule is C[C@@H](COC(=O)[C@@H](N)Cc1ccc(OC(=O)CC(C)(C)C)c(OC(=O)CC(C)(C)C)c1)OC(=O)OC(C)(C)C. The summed E-state index contributed by atoms with van der Waals surface area (Å²) >= 11 is 0. The second-order valence-corrected chi connectivity index (χ2v) is 13.0. The van der Waals surface area contributed by atoms with Crippen LogP contribution in [0.1, 0.15) is 87.6 Å². The molecular weight excluding hydrogens is 506 g/mol. The normalized spacial score (nSPS) is 13.6. The maximum atomic E-state index is 12.5. The summed E-state index contributed by atoms with van der Waals surface area (Å²) in [7, 11) is 0. The molecule has 1 rings (SSSR count). The molecule has 0 aliphatic rings. The van der Waals surface area contributed by atoms with Gasteiger partial charge in [-0.1, -0.05) is 47.6 Å². The van der Waals surface area contributed by atoms with E-state index in [2.05, 4.69) is 0 Å². The Labute approximate surface area is 231 Å². The van der Waals surface area contributed by atoms with Gasteiger partial charge in [0.1, 0.15) is 24.4 Å². The minimum absolute atomic E-state index is 0.0557. The summed E-state index contributed by atoms with van der Waals surface area (Å²) in [5.41, 5.74) is 5.29. The van der Waals surface area contributed by atoms with Gasteiger partial charge in [0.2, 0.25) is 0 Å². The van der Waals surface area contributed by atoms with Crippen LogP contribution in [0.4, 0.5) is 4.79 Å². The molecule has 2 atom stereocenters. The molecule has 0 heterocycles. The lowest BCUT2D eigenvalue weighted by Gasteiger charge is -2.21. The van der Waals surface area contributed by atoms with Crippen molar-refractivity contribution in [2.75, 3.05) is 6.61 Å². The van der Waals surface area contributed by atoms with E-state index < -0.39 is 41.8 Å². The van der Waals surface area contributed by atoms with E-state index in [4.69, 9.17) is 29.4 Å². The summed E-state index contributed by atoms with van der Waals surface area (Å²) in [6.45, 7) is 17.9. The third-order valence-electron chi connectivity index (χ3n) is 4.71. The predicted octanol–water partition coefficient (Wildman–Crippen LogP) is 5.12. The van der Waals surface area contributed by atoms with Crippen LogP contribution in [0.2, 0.25) is 0 Å². The Morgan fingerprint density at radius 2 is 1.33 bits per heavy atom.